The highest BCUT2D eigenvalue weighted by Gasteiger charge is 2.34. The Balaban J connectivity index is 2.33. The normalized spacial score (nSPS) is 12.0. The minimum atomic E-state index is -4.47. The number of H-pyrrole nitrogens is 1. The standard InChI is InChI=1S/C13H9F3N4OS/c1-5-8(10(12(17)21)20-19-5)6-2-3-7(13(14,15)16)11-9(6)18-4-22-11/h2-4H,1H3,(H2,17,21)(H,19,20). The van der Waals surface area contributed by atoms with Crippen LogP contribution >= 0.6 is 11.3 Å². The van der Waals surface area contributed by atoms with E-state index in [0.29, 0.717) is 16.8 Å². The summed E-state index contributed by atoms with van der Waals surface area (Å²) in [5.74, 6) is -0.761. The van der Waals surface area contributed by atoms with Crippen molar-refractivity contribution in [1.29, 1.82) is 0 Å². The molecule has 114 valence electrons. The Morgan fingerprint density at radius 2 is 2.09 bits per heavy atom. The third-order valence-corrected chi connectivity index (χ3v) is 4.10. The first-order chi connectivity index (χ1) is 10.3. The first kappa shape index (κ1) is 14.5. The molecule has 1 aromatic carbocycles. The number of carbonyl (C=O) groups excluding carboxylic acids is 1. The number of amides is 1. The number of nitrogens with zero attached hydrogens (tertiary/aromatic N) is 2. The molecular weight excluding hydrogens is 317 g/mol. The number of carbonyl (C=O) groups is 1. The van der Waals surface area contributed by atoms with Crippen LogP contribution in [0, 0.1) is 6.92 Å². The van der Waals surface area contributed by atoms with Crippen molar-refractivity contribution < 1.29 is 18.0 Å². The predicted octanol–water partition coefficient (Wildman–Crippen LogP) is 3.11. The second-order valence-electron chi connectivity index (χ2n) is 4.62. The third-order valence-electron chi connectivity index (χ3n) is 3.24. The van der Waals surface area contributed by atoms with Crippen LogP contribution in [0.5, 0.6) is 0 Å². The largest absolute Gasteiger partial charge is 0.417 e. The summed E-state index contributed by atoms with van der Waals surface area (Å²) < 4.78 is 39.1. The molecule has 0 saturated carbocycles. The zero-order chi connectivity index (χ0) is 16.1. The van der Waals surface area contributed by atoms with Crippen molar-refractivity contribution in [3.63, 3.8) is 0 Å². The van der Waals surface area contributed by atoms with Gasteiger partial charge in [-0.25, -0.2) is 4.98 Å². The Morgan fingerprint density at radius 3 is 2.73 bits per heavy atom. The molecule has 0 atom stereocenters. The Hall–Kier alpha value is -2.42. The number of alkyl halides is 3. The van der Waals surface area contributed by atoms with Gasteiger partial charge in [0.1, 0.15) is 0 Å². The summed E-state index contributed by atoms with van der Waals surface area (Å²) >= 11 is 0.894. The number of aromatic amines is 1. The molecule has 9 heteroatoms. The summed E-state index contributed by atoms with van der Waals surface area (Å²) in [5.41, 5.74) is 7.29. The van der Waals surface area contributed by atoms with Gasteiger partial charge in [-0.2, -0.15) is 18.3 Å². The lowest BCUT2D eigenvalue weighted by Crippen LogP contribution is -2.13. The van der Waals surface area contributed by atoms with Gasteiger partial charge in [-0.15, -0.1) is 11.3 Å². The lowest BCUT2D eigenvalue weighted by Gasteiger charge is -2.10. The van der Waals surface area contributed by atoms with Crippen LogP contribution in [0.3, 0.4) is 0 Å². The number of hydrogen-bond donors (Lipinski definition) is 2. The molecule has 3 rings (SSSR count). The number of benzene rings is 1. The molecular formula is C13H9F3N4OS. The minimum absolute atomic E-state index is 0.0148. The predicted molar refractivity (Wildman–Crippen MR) is 75.5 cm³/mol. The summed E-state index contributed by atoms with van der Waals surface area (Å²) in [6.45, 7) is 1.66. The Kier molecular flexibility index (Phi) is 3.17. The van der Waals surface area contributed by atoms with Gasteiger partial charge in [-0.1, -0.05) is 6.07 Å². The molecule has 0 spiro atoms. The van der Waals surface area contributed by atoms with Gasteiger partial charge in [-0.3, -0.25) is 9.89 Å². The molecule has 0 fully saturated rings. The van der Waals surface area contributed by atoms with E-state index in [4.69, 9.17) is 5.73 Å². The van der Waals surface area contributed by atoms with Crippen molar-refractivity contribution >= 4 is 27.5 Å². The first-order valence-electron chi connectivity index (χ1n) is 6.09. The van der Waals surface area contributed by atoms with E-state index >= 15 is 0 Å². The number of thiazole rings is 1. The number of hydrogen-bond acceptors (Lipinski definition) is 4. The van der Waals surface area contributed by atoms with Crippen molar-refractivity contribution in [1.82, 2.24) is 15.2 Å². The lowest BCUT2D eigenvalue weighted by molar-refractivity contribution is -0.136. The van der Waals surface area contributed by atoms with Gasteiger partial charge in [0.25, 0.3) is 5.91 Å². The third kappa shape index (κ3) is 2.13. The maximum atomic E-state index is 13.0. The fourth-order valence-corrected chi connectivity index (χ4v) is 3.16. The van der Waals surface area contributed by atoms with Crippen molar-refractivity contribution in [2.24, 2.45) is 5.73 Å². The summed E-state index contributed by atoms with van der Waals surface area (Å²) in [4.78, 5) is 15.5. The number of aromatic nitrogens is 3. The molecule has 0 saturated heterocycles. The van der Waals surface area contributed by atoms with Crippen LogP contribution in [0.25, 0.3) is 21.3 Å². The number of aryl methyl sites for hydroxylation is 1. The molecule has 1 amide bonds. The Bertz CT molecular complexity index is 881. The van der Waals surface area contributed by atoms with E-state index < -0.39 is 17.6 Å². The molecule has 0 aliphatic heterocycles. The Labute approximate surface area is 126 Å². The van der Waals surface area contributed by atoms with Crippen LogP contribution in [-0.4, -0.2) is 21.1 Å². The van der Waals surface area contributed by atoms with E-state index in [9.17, 15) is 18.0 Å². The monoisotopic (exact) mass is 326 g/mol. The second kappa shape index (κ2) is 4.80. The van der Waals surface area contributed by atoms with E-state index in [-0.39, 0.29) is 15.9 Å². The molecule has 3 N–H and O–H groups in total. The van der Waals surface area contributed by atoms with Gasteiger partial charge in [0.05, 0.1) is 21.3 Å². The summed E-state index contributed by atoms with van der Waals surface area (Å²) in [5, 5.41) is 6.43. The zero-order valence-corrected chi connectivity index (χ0v) is 12.0. The van der Waals surface area contributed by atoms with Gasteiger partial charge >= 0.3 is 6.18 Å². The van der Waals surface area contributed by atoms with Gasteiger partial charge < -0.3 is 5.73 Å². The van der Waals surface area contributed by atoms with Crippen molar-refractivity contribution in [3.8, 4) is 11.1 Å². The fraction of sp³-hybridized carbons (Fsp3) is 0.154. The van der Waals surface area contributed by atoms with Crippen molar-refractivity contribution in [2.45, 2.75) is 13.1 Å². The summed E-state index contributed by atoms with van der Waals surface area (Å²) in [6, 6.07) is 2.27. The van der Waals surface area contributed by atoms with E-state index in [2.05, 4.69) is 15.2 Å². The van der Waals surface area contributed by atoms with E-state index in [1.54, 1.807) is 6.92 Å². The SMILES string of the molecule is Cc1[nH]nc(C(N)=O)c1-c1ccc(C(F)(F)F)c2scnc12. The van der Waals surface area contributed by atoms with E-state index in [1.165, 1.54) is 11.6 Å². The molecule has 0 aliphatic carbocycles. The van der Waals surface area contributed by atoms with Crippen LogP contribution in [0.4, 0.5) is 13.2 Å². The molecule has 3 aromatic rings. The number of primary amides is 1. The van der Waals surface area contributed by atoms with Crippen LogP contribution in [-0.2, 0) is 6.18 Å². The highest BCUT2D eigenvalue weighted by molar-refractivity contribution is 7.17. The van der Waals surface area contributed by atoms with Crippen LogP contribution in [0.15, 0.2) is 17.6 Å². The molecule has 2 heterocycles. The van der Waals surface area contributed by atoms with E-state index in [1.807, 2.05) is 0 Å². The molecule has 2 aromatic heterocycles. The maximum Gasteiger partial charge on any atom is 0.417 e. The van der Waals surface area contributed by atoms with Gasteiger partial charge in [0.2, 0.25) is 0 Å². The van der Waals surface area contributed by atoms with Crippen LogP contribution < -0.4 is 5.73 Å². The van der Waals surface area contributed by atoms with Crippen LogP contribution in [0.1, 0.15) is 21.7 Å². The van der Waals surface area contributed by atoms with Crippen molar-refractivity contribution in [2.75, 3.05) is 0 Å². The Morgan fingerprint density at radius 1 is 1.36 bits per heavy atom. The maximum absolute atomic E-state index is 13.0. The minimum Gasteiger partial charge on any atom is -0.364 e. The van der Waals surface area contributed by atoms with E-state index in [0.717, 1.165) is 17.4 Å². The number of nitrogens with one attached hydrogen (secondary N) is 1. The average molecular weight is 326 g/mol. The summed E-state index contributed by atoms with van der Waals surface area (Å²) in [6.07, 6.45) is -4.47. The number of nitrogens with two attached hydrogens (primary N) is 1. The van der Waals surface area contributed by atoms with Gasteiger partial charge in [0.15, 0.2) is 5.69 Å². The number of fused-ring (bicyclic) bond motifs is 1. The smallest absolute Gasteiger partial charge is 0.364 e. The first-order valence-corrected chi connectivity index (χ1v) is 6.97. The second-order valence-corrected chi connectivity index (χ2v) is 5.48. The quantitative estimate of drug-likeness (QED) is 0.759. The van der Waals surface area contributed by atoms with Gasteiger partial charge in [-0.05, 0) is 13.0 Å². The highest BCUT2D eigenvalue weighted by atomic mass is 32.1. The highest BCUT2D eigenvalue weighted by Crippen LogP contribution is 2.41. The van der Waals surface area contributed by atoms with Crippen LogP contribution in [0.2, 0.25) is 0 Å². The molecule has 5 nitrogen and oxygen atoms in total. The molecule has 0 bridgehead atoms. The zero-order valence-electron chi connectivity index (χ0n) is 11.2. The summed E-state index contributed by atoms with van der Waals surface area (Å²) in [7, 11) is 0. The number of halogens is 3. The molecule has 0 aliphatic rings. The molecule has 22 heavy (non-hydrogen) atoms. The lowest BCUT2D eigenvalue weighted by atomic mass is 10.00. The number of rotatable bonds is 2. The van der Waals surface area contributed by atoms with Crippen molar-refractivity contribution in [3.05, 3.63) is 34.6 Å². The fourth-order valence-electron chi connectivity index (χ4n) is 2.31. The van der Waals surface area contributed by atoms with Gasteiger partial charge in [0, 0.05) is 16.8 Å². The molecule has 0 unspecified atom stereocenters. The average Bonchev–Trinajstić information content (AvgIpc) is 3.02. The topological polar surface area (TPSA) is 84.7 Å². The molecule has 0 radical (unpaired) electrons.